The number of amides is 1. The van der Waals surface area contributed by atoms with Crippen LogP contribution in [0.3, 0.4) is 0 Å². The summed E-state index contributed by atoms with van der Waals surface area (Å²) >= 11 is 0. The van der Waals surface area contributed by atoms with Gasteiger partial charge >= 0.3 is 0 Å². The first-order valence-corrected chi connectivity index (χ1v) is 21.3. The van der Waals surface area contributed by atoms with Gasteiger partial charge < -0.3 is 28.5 Å². The zero-order valence-corrected chi connectivity index (χ0v) is 28.9. The summed E-state index contributed by atoms with van der Waals surface area (Å²) in [5.74, 6) is 0.804. The summed E-state index contributed by atoms with van der Waals surface area (Å²) in [5.41, 5.74) is 1.28. The van der Waals surface area contributed by atoms with Gasteiger partial charge in [-0.3, -0.25) is 4.79 Å². The molecule has 0 unspecified atom stereocenters. The van der Waals surface area contributed by atoms with E-state index in [2.05, 4.69) is 58.8 Å². The van der Waals surface area contributed by atoms with Crippen molar-refractivity contribution in [3.05, 3.63) is 53.3 Å². The van der Waals surface area contributed by atoms with Crippen LogP contribution in [0.2, 0.25) is 37.8 Å². The number of carbonyl (C=O) groups excluding carboxylic acids is 1. The molecule has 2 aliphatic heterocycles. The van der Waals surface area contributed by atoms with Crippen LogP contribution in [-0.4, -0.2) is 61.1 Å². The average Bonchev–Trinajstić information content (AvgIpc) is 2.90. The molecular formula is C32H49FN2O5Si2. The van der Waals surface area contributed by atoms with Crippen molar-refractivity contribution in [3.8, 4) is 11.5 Å². The third-order valence-corrected chi connectivity index (χ3v) is 14.2. The van der Waals surface area contributed by atoms with Gasteiger partial charge in [-0.05, 0) is 87.0 Å². The second-order valence-electron chi connectivity index (χ2n) is 14.1. The summed E-state index contributed by atoms with van der Waals surface area (Å²) in [5, 5.41) is 3.57. The Kier molecular flexibility index (Phi) is 9.64. The highest BCUT2D eigenvalue weighted by atomic mass is 28.4. The number of piperidine rings is 1. The lowest BCUT2D eigenvalue weighted by Crippen LogP contribution is -2.65. The van der Waals surface area contributed by atoms with Crippen molar-refractivity contribution in [2.75, 3.05) is 31.7 Å². The van der Waals surface area contributed by atoms with Crippen molar-refractivity contribution in [2.45, 2.75) is 96.1 Å². The monoisotopic (exact) mass is 616 g/mol. The molecule has 232 valence electrons. The van der Waals surface area contributed by atoms with Gasteiger partial charge in [0.2, 0.25) is 5.91 Å². The van der Waals surface area contributed by atoms with Crippen LogP contribution >= 0.6 is 0 Å². The molecule has 42 heavy (non-hydrogen) atoms. The fraction of sp³-hybridized carbons (Fsp3) is 0.594. The molecule has 2 aliphatic rings. The minimum atomic E-state index is -2.12. The minimum Gasteiger partial charge on any atom is -0.497 e. The molecule has 0 radical (unpaired) electrons. The molecule has 2 aromatic rings. The zero-order valence-electron chi connectivity index (χ0n) is 26.9. The molecule has 0 aromatic heterocycles. The van der Waals surface area contributed by atoms with Crippen LogP contribution in [0.4, 0.5) is 10.1 Å². The summed E-state index contributed by atoms with van der Waals surface area (Å²) in [7, 11) is -2.53. The predicted molar refractivity (Wildman–Crippen MR) is 171 cm³/mol. The molecule has 1 amide bonds. The summed E-state index contributed by atoms with van der Waals surface area (Å²) in [6, 6.07) is 10.6. The molecule has 7 nitrogen and oxygen atoms in total. The first kappa shape index (κ1) is 32.7. The van der Waals surface area contributed by atoms with Crippen molar-refractivity contribution in [3.63, 3.8) is 0 Å². The van der Waals surface area contributed by atoms with E-state index < -0.39 is 28.1 Å². The molecule has 2 aromatic carbocycles. The van der Waals surface area contributed by atoms with Crippen molar-refractivity contribution in [1.82, 2.24) is 5.32 Å². The molecule has 0 saturated carbocycles. The van der Waals surface area contributed by atoms with Gasteiger partial charge in [-0.1, -0.05) is 32.9 Å². The highest BCUT2D eigenvalue weighted by Gasteiger charge is 2.50. The molecule has 1 N–H and O–H groups in total. The molecule has 1 saturated heterocycles. The number of ether oxygens (including phenoxy) is 2. The van der Waals surface area contributed by atoms with Crippen molar-refractivity contribution < 1.29 is 27.5 Å². The lowest BCUT2D eigenvalue weighted by Gasteiger charge is -2.51. The van der Waals surface area contributed by atoms with Gasteiger partial charge in [0.25, 0.3) is 0 Å². The van der Waals surface area contributed by atoms with Crippen LogP contribution < -0.4 is 19.7 Å². The molecule has 10 heteroatoms. The van der Waals surface area contributed by atoms with Gasteiger partial charge in [0, 0.05) is 18.5 Å². The number of anilines is 1. The highest BCUT2D eigenvalue weighted by molar-refractivity contribution is 6.74. The maximum atomic E-state index is 15.4. The van der Waals surface area contributed by atoms with Crippen LogP contribution in [0.15, 0.2) is 36.4 Å². The van der Waals surface area contributed by atoms with Crippen molar-refractivity contribution in [2.24, 2.45) is 0 Å². The predicted octanol–water partition coefficient (Wildman–Crippen LogP) is 6.67. The minimum absolute atomic E-state index is 0.0477. The molecule has 2 heterocycles. The van der Waals surface area contributed by atoms with Crippen LogP contribution in [0.25, 0.3) is 0 Å². The van der Waals surface area contributed by atoms with Crippen LogP contribution in [0.1, 0.15) is 44.7 Å². The molecule has 4 rings (SSSR count). The Bertz CT molecular complexity index is 1260. The lowest BCUT2D eigenvalue weighted by molar-refractivity contribution is -0.119. The fourth-order valence-corrected chi connectivity index (χ4v) is 8.39. The van der Waals surface area contributed by atoms with Gasteiger partial charge in [-0.15, -0.1) is 0 Å². The van der Waals surface area contributed by atoms with Crippen molar-refractivity contribution in [1.29, 1.82) is 0 Å². The normalized spacial score (nSPS) is 21.7. The Balaban J connectivity index is 1.65. The maximum Gasteiger partial charge on any atom is 0.227 e. The largest absolute Gasteiger partial charge is 0.497 e. The first-order valence-electron chi connectivity index (χ1n) is 15.0. The SMILES string of the molecule is COc1ccc(CN2C(=O)CCc3c(OC[C@]4(O[Si](C)(C)C)CCNC[C@H]4O[Si](C)(C)C(C)(C)C)ccc(F)c32)cc1. The molecule has 1 fully saturated rings. The van der Waals surface area contributed by atoms with Crippen LogP contribution in [0, 0.1) is 5.82 Å². The number of nitrogens with one attached hydrogen (secondary N) is 1. The number of halogens is 1. The van der Waals surface area contributed by atoms with Crippen molar-refractivity contribution >= 4 is 28.2 Å². The Morgan fingerprint density at radius 2 is 1.74 bits per heavy atom. The number of rotatable bonds is 10. The molecule has 0 spiro atoms. The lowest BCUT2D eigenvalue weighted by atomic mass is 9.90. The number of hydrogen-bond acceptors (Lipinski definition) is 6. The number of carbonyl (C=O) groups is 1. The summed E-state index contributed by atoms with van der Waals surface area (Å²) in [4.78, 5) is 14.6. The average molecular weight is 617 g/mol. The van der Waals surface area contributed by atoms with Gasteiger partial charge in [0.05, 0.1) is 25.4 Å². The van der Waals surface area contributed by atoms with E-state index in [4.69, 9.17) is 18.3 Å². The van der Waals surface area contributed by atoms with Crippen LogP contribution in [0.5, 0.6) is 11.5 Å². The third-order valence-electron chi connectivity index (χ3n) is 8.72. The summed E-state index contributed by atoms with van der Waals surface area (Å²) < 4.78 is 41.3. The summed E-state index contributed by atoms with van der Waals surface area (Å²) in [6.07, 6.45) is 1.29. The third kappa shape index (κ3) is 7.27. The molecule has 0 bridgehead atoms. The second-order valence-corrected chi connectivity index (χ2v) is 23.3. The van der Waals surface area contributed by atoms with Gasteiger partial charge in [-0.25, -0.2) is 4.39 Å². The summed E-state index contributed by atoms with van der Waals surface area (Å²) in [6.45, 7) is 19.9. The van der Waals surface area contributed by atoms with Gasteiger partial charge in [0.15, 0.2) is 16.6 Å². The number of fused-ring (bicyclic) bond motifs is 1. The second kappa shape index (κ2) is 12.4. The molecule has 0 aliphatic carbocycles. The van der Waals surface area contributed by atoms with E-state index in [1.807, 2.05) is 24.3 Å². The van der Waals surface area contributed by atoms with E-state index in [9.17, 15) is 4.79 Å². The van der Waals surface area contributed by atoms with Gasteiger partial charge in [-0.2, -0.15) is 0 Å². The number of nitrogens with zero attached hydrogens (tertiary/aromatic N) is 1. The van der Waals surface area contributed by atoms with Gasteiger partial charge in [0.1, 0.15) is 29.5 Å². The van der Waals surface area contributed by atoms with E-state index in [0.717, 1.165) is 29.8 Å². The first-order chi connectivity index (χ1) is 19.6. The number of benzene rings is 2. The quantitative estimate of drug-likeness (QED) is 0.301. The highest BCUT2D eigenvalue weighted by Crippen LogP contribution is 2.42. The smallest absolute Gasteiger partial charge is 0.227 e. The number of hydrogen-bond donors (Lipinski definition) is 1. The van der Waals surface area contributed by atoms with E-state index in [0.29, 0.717) is 37.4 Å². The topological polar surface area (TPSA) is 69.3 Å². The van der Waals surface area contributed by atoms with E-state index in [-0.39, 0.29) is 23.6 Å². The fourth-order valence-electron chi connectivity index (χ4n) is 5.51. The number of methoxy groups -OCH3 is 1. The Morgan fingerprint density at radius 3 is 2.36 bits per heavy atom. The zero-order chi connectivity index (χ0) is 30.9. The Hall–Kier alpha value is -2.25. The Morgan fingerprint density at radius 1 is 1.05 bits per heavy atom. The maximum absolute atomic E-state index is 15.4. The standard InChI is InChI=1S/C32H49FN2O5Si2/c1-31(2,3)42(8,9)39-28-20-34-19-18-32(28,40-41(5,6)7)22-38-27-16-15-26(33)30-25(27)14-17-29(36)35(30)21-23-10-12-24(37-4)13-11-23/h10-13,15-16,28,34H,14,17-22H2,1-9H3/t28-,32-/m1/s1. The molecule has 2 atom stereocenters. The van der Waals surface area contributed by atoms with E-state index in [1.54, 1.807) is 18.1 Å². The van der Waals surface area contributed by atoms with E-state index in [1.165, 1.54) is 6.07 Å². The molecular weight excluding hydrogens is 568 g/mol. The van der Waals surface area contributed by atoms with E-state index >= 15 is 4.39 Å². The van der Waals surface area contributed by atoms with Crippen LogP contribution in [-0.2, 0) is 26.6 Å². The Labute approximate surface area is 253 Å².